The number of hydrogen-bond donors (Lipinski definition) is 0. The number of rotatable bonds is 2. The molecule has 0 radical (unpaired) electrons. The van der Waals surface area contributed by atoms with Crippen LogP contribution in [0.2, 0.25) is 0 Å². The average molecular weight is 620 g/mol. The largest absolute Gasteiger partial charge is 0.494 e. The van der Waals surface area contributed by atoms with Crippen LogP contribution in [-0.4, -0.2) is 30.7 Å². The molecule has 2 nitrogen and oxygen atoms in total. The van der Waals surface area contributed by atoms with Gasteiger partial charge in [0.25, 0.3) is 0 Å². The van der Waals surface area contributed by atoms with Crippen molar-refractivity contribution in [1.82, 2.24) is 0 Å². The van der Waals surface area contributed by atoms with E-state index in [4.69, 9.17) is 9.31 Å². The number of fused-ring (bicyclic) bond motifs is 6. The highest BCUT2D eigenvalue weighted by atomic mass is 19.4. The summed E-state index contributed by atoms with van der Waals surface area (Å²) in [5.74, 6) is 0. The minimum absolute atomic E-state index is 0.0518. The van der Waals surface area contributed by atoms with Crippen molar-refractivity contribution in [2.75, 3.05) is 0 Å². The first-order valence-corrected chi connectivity index (χ1v) is 14.8. The maximum atomic E-state index is 15.2. The van der Waals surface area contributed by atoms with Gasteiger partial charge in [-0.1, -0.05) is 66.7 Å². The highest BCUT2D eigenvalue weighted by Gasteiger charge is 2.60. The second kappa shape index (κ2) is 9.04. The van der Waals surface area contributed by atoms with Crippen molar-refractivity contribution >= 4 is 12.6 Å². The summed E-state index contributed by atoms with van der Waals surface area (Å²) >= 11 is 0. The standard InChI is InChI=1S/C36H31BF6O2/c1-31(2)32(3,4)45-37(44-31)22-13-16-26-25-15-12-21(18-29(25)34(6,30(26)19-22)36(41,42)43)20-11-14-24-23-9-7-8-10-27(23)33(5,28(24)17-20)35(38,39)40/h7-19H,1-6H3. The van der Waals surface area contributed by atoms with E-state index in [0.29, 0.717) is 38.8 Å². The van der Waals surface area contributed by atoms with Crippen LogP contribution in [0.5, 0.6) is 0 Å². The third kappa shape index (κ3) is 3.92. The summed E-state index contributed by atoms with van der Waals surface area (Å²) in [5, 5.41) is 0. The van der Waals surface area contributed by atoms with E-state index in [1.54, 1.807) is 54.6 Å². The van der Waals surface area contributed by atoms with Crippen LogP contribution in [0.15, 0.2) is 78.9 Å². The highest BCUT2D eigenvalue weighted by molar-refractivity contribution is 6.62. The quantitative estimate of drug-likeness (QED) is 0.164. The molecule has 4 aromatic carbocycles. The van der Waals surface area contributed by atoms with Gasteiger partial charge in [0.1, 0.15) is 10.8 Å². The monoisotopic (exact) mass is 620 g/mol. The van der Waals surface area contributed by atoms with Crippen LogP contribution < -0.4 is 5.46 Å². The molecule has 1 fully saturated rings. The van der Waals surface area contributed by atoms with Gasteiger partial charge in [-0.15, -0.1) is 0 Å². The molecular weight excluding hydrogens is 589 g/mol. The van der Waals surface area contributed by atoms with Gasteiger partial charge in [0.2, 0.25) is 0 Å². The lowest BCUT2D eigenvalue weighted by Crippen LogP contribution is -2.41. The zero-order valence-corrected chi connectivity index (χ0v) is 25.7. The fourth-order valence-electron chi connectivity index (χ4n) is 7.14. The van der Waals surface area contributed by atoms with Crippen molar-refractivity contribution in [3.8, 4) is 33.4 Å². The Morgan fingerprint density at radius 2 is 0.889 bits per heavy atom. The number of benzene rings is 4. The van der Waals surface area contributed by atoms with Crippen molar-refractivity contribution in [2.24, 2.45) is 0 Å². The molecule has 1 heterocycles. The number of hydrogen-bond acceptors (Lipinski definition) is 2. The van der Waals surface area contributed by atoms with Crippen LogP contribution in [0.4, 0.5) is 26.3 Å². The van der Waals surface area contributed by atoms with Crippen molar-refractivity contribution < 1.29 is 35.7 Å². The third-order valence-corrected chi connectivity index (χ3v) is 10.7. The van der Waals surface area contributed by atoms with Gasteiger partial charge in [-0.25, -0.2) is 0 Å². The smallest absolute Gasteiger partial charge is 0.399 e. The zero-order chi connectivity index (χ0) is 32.5. The molecule has 0 spiro atoms. The Hall–Kier alpha value is -3.56. The molecule has 0 saturated carbocycles. The van der Waals surface area contributed by atoms with Crippen molar-refractivity contribution in [3.05, 3.63) is 101 Å². The molecular formula is C36H31BF6O2. The molecule has 7 rings (SSSR count). The summed E-state index contributed by atoms with van der Waals surface area (Å²) in [4.78, 5) is 0. The molecule has 9 heteroatoms. The highest BCUT2D eigenvalue weighted by Crippen LogP contribution is 2.59. The molecule has 3 aliphatic rings. The first kappa shape index (κ1) is 30.1. The number of halogens is 6. The second-order valence-corrected chi connectivity index (χ2v) is 13.7. The van der Waals surface area contributed by atoms with Crippen LogP contribution in [0.3, 0.4) is 0 Å². The maximum Gasteiger partial charge on any atom is 0.494 e. The molecule has 1 saturated heterocycles. The van der Waals surface area contributed by atoms with E-state index in [-0.39, 0.29) is 22.3 Å². The summed E-state index contributed by atoms with van der Waals surface area (Å²) < 4.78 is 102. The SMILES string of the molecule is CC1(C)OB(c2ccc3c(c2)C(C)(C(F)(F)F)c2cc(-c4ccc5c(c4)C(C)(C(F)(F)F)c4ccccc4-5)ccc2-3)OC1(C)C. The summed E-state index contributed by atoms with van der Waals surface area (Å²) in [7, 11) is -0.837. The van der Waals surface area contributed by atoms with Crippen LogP contribution in [0.1, 0.15) is 63.8 Å². The van der Waals surface area contributed by atoms with Gasteiger partial charge in [0, 0.05) is 0 Å². The predicted molar refractivity (Wildman–Crippen MR) is 163 cm³/mol. The lowest BCUT2D eigenvalue weighted by molar-refractivity contribution is -0.172. The van der Waals surface area contributed by atoms with Crippen molar-refractivity contribution in [2.45, 2.75) is 75.9 Å². The fraction of sp³-hybridized carbons (Fsp3) is 0.333. The van der Waals surface area contributed by atoms with E-state index in [1.165, 1.54) is 31.2 Å². The predicted octanol–water partition coefficient (Wildman–Crippen LogP) is 9.35. The van der Waals surface area contributed by atoms with Crippen LogP contribution in [0.25, 0.3) is 33.4 Å². The van der Waals surface area contributed by atoms with E-state index >= 15 is 13.2 Å². The van der Waals surface area contributed by atoms with Crippen molar-refractivity contribution in [1.29, 1.82) is 0 Å². The Balaban J connectivity index is 1.35. The molecule has 232 valence electrons. The third-order valence-electron chi connectivity index (χ3n) is 10.7. The van der Waals surface area contributed by atoms with Crippen LogP contribution in [-0.2, 0) is 20.1 Å². The lowest BCUT2D eigenvalue weighted by Gasteiger charge is -2.32. The molecule has 0 N–H and O–H groups in total. The van der Waals surface area contributed by atoms with Gasteiger partial charge in [0.15, 0.2) is 0 Å². The Labute approximate surface area is 258 Å². The second-order valence-electron chi connectivity index (χ2n) is 13.7. The summed E-state index contributed by atoms with van der Waals surface area (Å²) in [6, 6.07) is 21.0. The van der Waals surface area contributed by atoms with E-state index in [9.17, 15) is 13.2 Å². The van der Waals surface area contributed by atoms with E-state index in [2.05, 4.69) is 0 Å². The average Bonchev–Trinajstić information content (AvgIpc) is 3.48. The van der Waals surface area contributed by atoms with E-state index in [1.807, 2.05) is 27.7 Å². The summed E-state index contributed by atoms with van der Waals surface area (Å²) in [5.41, 5.74) is -2.41. The Bertz CT molecular complexity index is 1880. The van der Waals surface area contributed by atoms with Gasteiger partial charge in [-0.2, -0.15) is 26.3 Å². The van der Waals surface area contributed by atoms with E-state index < -0.39 is 41.5 Å². The molecule has 2 unspecified atom stereocenters. The molecule has 1 aliphatic heterocycles. The normalized spacial score (nSPS) is 24.3. The van der Waals surface area contributed by atoms with E-state index in [0.717, 1.165) is 6.92 Å². The topological polar surface area (TPSA) is 18.5 Å². The number of alkyl halides is 6. The minimum Gasteiger partial charge on any atom is -0.399 e. The fourth-order valence-corrected chi connectivity index (χ4v) is 7.14. The minimum atomic E-state index is -4.67. The van der Waals surface area contributed by atoms with Gasteiger partial charge >= 0.3 is 19.5 Å². The van der Waals surface area contributed by atoms with Gasteiger partial charge in [-0.3, -0.25) is 0 Å². The first-order chi connectivity index (χ1) is 20.8. The van der Waals surface area contributed by atoms with Crippen LogP contribution >= 0.6 is 0 Å². The molecule has 4 aromatic rings. The van der Waals surface area contributed by atoms with Crippen LogP contribution in [0, 0.1) is 0 Å². The lowest BCUT2D eigenvalue weighted by atomic mass is 9.73. The molecule has 2 atom stereocenters. The van der Waals surface area contributed by atoms with Gasteiger partial charge in [0.05, 0.1) is 11.2 Å². The summed E-state index contributed by atoms with van der Waals surface area (Å²) in [6.07, 6.45) is -9.26. The van der Waals surface area contributed by atoms with Crippen molar-refractivity contribution in [3.63, 3.8) is 0 Å². The Morgan fingerprint density at radius 3 is 1.38 bits per heavy atom. The molecule has 0 amide bonds. The maximum absolute atomic E-state index is 15.2. The summed E-state index contributed by atoms with van der Waals surface area (Å²) in [6.45, 7) is 9.85. The zero-order valence-electron chi connectivity index (χ0n) is 25.7. The molecule has 2 aliphatic carbocycles. The molecule has 45 heavy (non-hydrogen) atoms. The first-order valence-electron chi connectivity index (χ1n) is 14.8. The molecule has 0 bridgehead atoms. The van der Waals surface area contributed by atoms with Gasteiger partial charge in [-0.05, 0) is 115 Å². The van der Waals surface area contributed by atoms with Gasteiger partial charge < -0.3 is 9.31 Å². The Morgan fingerprint density at radius 1 is 0.489 bits per heavy atom. The molecule has 0 aromatic heterocycles. The Kier molecular flexibility index (Phi) is 6.05.